The third-order valence-electron chi connectivity index (χ3n) is 4.13. The maximum absolute atomic E-state index is 12.6. The minimum absolute atomic E-state index is 0.0164. The summed E-state index contributed by atoms with van der Waals surface area (Å²) < 4.78 is 30.6. The predicted octanol–water partition coefficient (Wildman–Crippen LogP) is 5.51. The van der Waals surface area contributed by atoms with E-state index in [0.29, 0.717) is 28.2 Å². The van der Waals surface area contributed by atoms with Crippen LogP contribution in [0.15, 0.2) is 66.3 Å². The van der Waals surface area contributed by atoms with E-state index in [9.17, 15) is 13.6 Å². The second-order valence-electron chi connectivity index (χ2n) is 6.36. The van der Waals surface area contributed by atoms with Crippen molar-refractivity contribution >= 4 is 35.0 Å². The van der Waals surface area contributed by atoms with Gasteiger partial charge >= 0.3 is 6.61 Å². The Bertz CT molecular complexity index is 1040. The van der Waals surface area contributed by atoms with Crippen molar-refractivity contribution in [2.75, 3.05) is 5.32 Å². The number of halogens is 3. The summed E-state index contributed by atoms with van der Waals surface area (Å²) in [4.78, 5) is 12.6. The highest BCUT2D eigenvalue weighted by molar-refractivity contribution is 8.00. The Morgan fingerprint density at radius 1 is 1.23 bits per heavy atom. The van der Waals surface area contributed by atoms with Crippen molar-refractivity contribution < 1.29 is 18.3 Å². The lowest BCUT2D eigenvalue weighted by atomic mass is 10.2. The Morgan fingerprint density at radius 2 is 1.90 bits per heavy atom. The molecule has 6 nitrogen and oxygen atoms in total. The number of carbonyl (C=O) groups excluding carboxylic acids is 1. The molecule has 1 unspecified atom stereocenters. The highest BCUT2D eigenvalue weighted by atomic mass is 35.5. The highest BCUT2D eigenvalue weighted by Gasteiger charge is 2.20. The largest absolute Gasteiger partial charge is 0.435 e. The number of amides is 1. The summed E-state index contributed by atoms with van der Waals surface area (Å²) in [5.41, 5.74) is 1.31. The van der Waals surface area contributed by atoms with Crippen molar-refractivity contribution in [1.29, 1.82) is 0 Å². The molecule has 0 bridgehead atoms. The molecule has 2 aromatic carbocycles. The normalized spacial score (nSPS) is 11.9. The number of nitrogens with one attached hydrogen (secondary N) is 1. The quantitative estimate of drug-likeness (QED) is 0.334. The van der Waals surface area contributed by atoms with Crippen molar-refractivity contribution in [1.82, 2.24) is 14.8 Å². The lowest BCUT2D eigenvalue weighted by Crippen LogP contribution is -2.23. The first-order valence-electron chi connectivity index (χ1n) is 9.20. The van der Waals surface area contributed by atoms with Crippen molar-refractivity contribution in [3.8, 4) is 17.1 Å². The molecule has 1 N–H and O–H groups in total. The van der Waals surface area contributed by atoms with Gasteiger partial charge in [0.15, 0.2) is 11.0 Å². The number of aromatic nitrogens is 3. The van der Waals surface area contributed by atoms with Crippen LogP contribution in [0.1, 0.15) is 6.92 Å². The van der Waals surface area contributed by atoms with E-state index in [1.807, 2.05) is 16.7 Å². The monoisotopic (exact) mass is 464 g/mol. The second kappa shape index (κ2) is 10.4. The Labute approximate surface area is 187 Å². The third kappa shape index (κ3) is 6.05. The minimum atomic E-state index is -2.90. The van der Waals surface area contributed by atoms with Crippen LogP contribution in [0.4, 0.5) is 14.5 Å². The van der Waals surface area contributed by atoms with E-state index in [1.54, 1.807) is 25.1 Å². The Morgan fingerprint density at radius 3 is 2.52 bits per heavy atom. The van der Waals surface area contributed by atoms with Gasteiger partial charge in [-0.1, -0.05) is 29.4 Å². The highest BCUT2D eigenvalue weighted by Crippen LogP contribution is 2.28. The average molecular weight is 465 g/mol. The first-order valence-corrected chi connectivity index (χ1v) is 10.5. The van der Waals surface area contributed by atoms with Gasteiger partial charge in [-0.25, -0.2) is 0 Å². The van der Waals surface area contributed by atoms with Crippen LogP contribution in [-0.4, -0.2) is 32.5 Å². The lowest BCUT2D eigenvalue weighted by molar-refractivity contribution is -0.115. The first-order chi connectivity index (χ1) is 14.9. The third-order valence-corrected chi connectivity index (χ3v) is 5.46. The summed E-state index contributed by atoms with van der Waals surface area (Å²) in [5.74, 6) is 0.387. The van der Waals surface area contributed by atoms with E-state index in [4.69, 9.17) is 11.6 Å². The minimum Gasteiger partial charge on any atom is -0.435 e. The standard InChI is InChI=1S/C21H19ClF2N4O2S/c1-3-12-28-18(14-4-6-15(22)7-5-14)26-27-21(28)31-13(2)19(29)25-16-8-10-17(11-9-16)30-20(23)24/h3-11,13,20H,1,12H2,2H3,(H,25,29). The maximum atomic E-state index is 12.6. The summed E-state index contributed by atoms with van der Waals surface area (Å²) >= 11 is 7.21. The van der Waals surface area contributed by atoms with Gasteiger partial charge in [0.2, 0.25) is 5.91 Å². The molecule has 0 aliphatic rings. The molecule has 0 saturated heterocycles. The van der Waals surface area contributed by atoms with Crippen molar-refractivity contribution in [2.45, 2.75) is 30.5 Å². The van der Waals surface area contributed by atoms with Crippen LogP contribution in [-0.2, 0) is 11.3 Å². The van der Waals surface area contributed by atoms with Crippen molar-refractivity contribution in [2.24, 2.45) is 0 Å². The number of alkyl halides is 2. The van der Waals surface area contributed by atoms with E-state index in [-0.39, 0.29) is 11.7 Å². The second-order valence-corrected chi connectivity index (χ2v) is 8.11. The molecular formula is C21H19ClF2N4O2S. The van der Waals surface area contributed by atoms with Gasteiger partial charge in [-0.3, -0.25) is 9.36 Å². The van der Waals surface area contributed by atoms with Gasteiger partial charge in [-0.15, -0.1) is 16.8 Å². The number of hydrogen-bond donors (Lipinski definition) is 1. The molecule has 1 amide bonds. The van der Waals surface area contributed by atoms with Gasteiger partial charge in [0.1, 0.15) is 5.75 Å². The zero-order chi connectivity index (χ0) is 22.4. The van der Waals surface area contributed by atoms with E-state index >= 15 is 0 Å². The predicted molar refractivity (Wildman–Crippen MR) is 118 cm³/mol. The molecule has 3 aromatic rings. The average Bonchev–Trinajstić information content (AvgIpc) is 3.12. The Kier molecular flexibility index (Phi) is 7.64. The van der Waals surface area contributed by atoms with Crippen LogP contribution in [0.2, 0.25) is 5.02 Å². The molecule has 1 heterocycles. The molecule has 10 heteroatoms. The smallest absolute Gasteiger partial charge is 0.387 e. The molecule has 3 rings (SSSR count). The molecule has 31 heavy (non-hydrogen) atoms. The van der Waals surface area contributed by atoms with Crippen molar-refractivity contribution in [3.63, 3.8) is 0 Å². The fraction of sp³-hybridized carbons (Fsp3) is 0.190. The molecule has 0 aliphatic carbocycles. The van der Waals surface area contributed by atoms with Crippen LogP contribution in [0.5, 0.6) is 5.75 Å². The molecule has 1 atom stereocenters. The number of hydrogen-bond acceptors (Lipinski definition) is 5. The van der Waals surface area contributed by atoms with Crippen LogP contribution in [0.3, 0.4) is 0 Å². The van der Waals surface area contributed by atoms with E-state index in [2.05, 4.69) is 26.8 Å². The van der Waals surface area contributed by atoms with Crippen LogP contribution < -0.4 is 10.1 Å². The zero-order valence-electron chi connectivity index (χ0n) is 16.5. The summed E-state index contributed by atoms with van der Waals surface area (Å²) in [7, 11) is 0. The molecular weight excluding hydrogens is 446 g/mol. The number of ether oxygens (including phenoxy) is 1. The summed E-state index contributed by atoms with van der Waals surface area (Å²) in [6.07, 6.45) is 1.72. The Hall–Kier alpha value is -2.91. The zero-order valence-corrected chi connectivity index (χ0v) is 18.0. The molecule has 0 aliphatic heterocycles. The SMILES string of the molecule is C=CCn1c(SC(C)C(=O)Nc2ccc(OC(F)F)cc2)nnc1-c1ccc(Cl)cc1. The molecule has 162 valence electrons. The van der Waals surface area contributed by atoms with Gasteiger partial charge in [0, 0.05) is 22.8 Å². The number of benzene rings is 2. The van der Waals surface area contributed by atoms with E-state index < -0.39 is 11.9 Å². The van der Waals surface area contributed by atoms with Crippen LogP contribution in [0, 0.1) is 0 Å². The first kappa shape index (κ1) is 22.8. The number of nitrogens with zero attached hydrogens (tertiary/aromatic N) is 3. The van der Waals surface area contributed by atoms with Crippen LogP contribution >= 0.6 is 23.4 Å². The fourth-order valence-electron chi connectivity index (χ4n) is 2.66. The fourth-order valence-corrected chi connectivity index (χ4v) is 3.64. The molecule has 0 fully saturated rings. The lowest BCUT2D eigenvalue weighted by Gasteiger charge is -2.13. The van der Waals surface area contributed by atoms with E-state index in [0.717, 1.165) is 5.56 Å². The number of anilines is 1. The number of allylic oxidation sites excluding steroid dienone is 1. The Balaban J connectivity index is 1.70. The molecule has 1 aromatic heterocycles. The molecule has 0 saturated carbocycles. The van der Waals surface area contributed by atoms with Gasteiger partial charge < -0.3 is 10.1 Å². The van der Waals surface area contributed by atoms with Gasteiger partial charge in [0.05, 0.1) is 5.25 Å². The maximum Gasteiger partial charge on any atom is 0.387 e. The summed E-state index contributed by atoms with van der Waals surface area (Å²) in [5, 5.41) is 11.9. The number of thioether (sulfide) groups is 1. The topological polar surface area (TPSA) is 69.0 Å². The summed E-state index contributed by atoms with van der Waals surface area (Å²) in [6, 6.07) is 12.9. The number of carbonyl (C=O) groups is 1. The molecule has 0 radical (unpaired) electrons. The van der Waals surface area contributed by atoms with Gasteiger partial charge in [-0.05, 0) is 55.5 Å². The summed E-state index contributed by atoms with van der Waals surface area (Å²) in [6.45, 7) is 3.08. The number of rotatable bonds is 9. The van der Waals surface area contributed by atoms with Crippen LogP contribution in [0.25, 0.3) is 11.4 Å². The van der Waals surface area contributed by atoms with Gasteiger partial charge in [0.25, 0.3) is 0 Å². The van der Waals surface area contributed by atoms with E-state index in [1.165, 1.54) is 36.0 Å². The van der Waals surface area contributed by atoms with Gasteiger partial charge in [-0.2, -0.15) is 8.78 Å². The van der Waals surface area contributed by atoms with Crippen molar-refractivity contribution in [3.05, 3.63) is 66.2 Å². The molecule has 0 spiro atoms.